The zero-order chi connectivity index (χ0) is 13.7. The van der Waals surface area contributed by atoms with Gasteiger partial charge in [-0.3, -0.25) is 0 Å². The molecule has 0 saturated carbocycles. The minimum Gasteiger partial charge on any atom is -0.486 e. The summed E-state index contributed by atoms with van der Waals surface area (Å²) in [6.45, 7) is 4.39. The number of nitrogens with one attached hydrogen (secondary N) is 2. The number of hydrogen-bond acceptors (Lipinski definition) is 4. The van der Waals surface area contributed by atoms with Crippen LogP contribution < -0.4 is 25.8 Å². The average Bonchev–Trinajstić information content (AvgIpc) is 2.42. The van der Waals surface area contributed by atoms with Crippen molar-refractivity contribution in [3.63, 3.8) is 0 Å². The molecule has 1 atom stereocenters. The molecule has 1 aliphatic heterocycles. The summed E-state index contributed by atoms with van der Waals surface area (Å²) in [6, 6.07) is 5.56. The number of carbonyl (C=O) groups excluding carboxylic acids is 1. The molecule has 0 aromatic heterocycles. The first-order valence-electron chi connectivity index (χ1n) is 6.33. The Morgan fingerprint density at radius 3 is 2.79 bits per heavy atom. The number of nitrogens with two attached hydrogens (primary N) is 1. The lowest BCUT2D eigenvalue weighted by molar-refractivity contribution is 0.171. The van der Waals surface area contributed by atoms with Gasteiger partial charge in [-0.1, -0.05) is 6.07 Å². The van der Waals surface area contributed by atoms with Gasteiger partial charge in [0.25, 0.3) is 0 Å². The number of carbonyl (C=O) groups is 1. The van der Waals surface area contributed by atoms with Gasteiger partial charge >= 0.3 is 6.03 Å². The molecule has 0 aliphatic carbocycles. The number of rotatable bonds is 5. The number of urea groups is 1. The molecule has 0 radical (unpaired) electrons. The van der Waals surface area contributed by atoms with E-state index in [0.717, 1.165) is 17.1 Å². The first kappa shape index (κ1) is 13.5. The van der Waals surface area contributed by atoms with Crippen LogP contribution in [0.1, 0.15) is 18.5 Å². The molecule has 0 spiro atoms. The molecule has 2 amide bonds. The second kappa shape index (κ2) is 6.29. The minimum absolute atomic E-state index is 0.158. The van der Waals surface area contributed by atoms with Crippen molar-refractivity contribution < 1.29 is 14.3 Å². The van der Waals surface area contributed by atoms with Crippen LogP contribution in [0.15, 0.2) is 18.2 Å². The smallest absolute Gasteiger partial charge is 0.312 e. The summed E-state index contributed by atoms with van der Waals surface area (Å²) < 4.78 is 11.0. The molecule has 2 rings (SSSR count). The molecule has 104 valence electrons. The van der Waals surface area contributed by atoms with Crippen molar-refractivity contribution in [3.05, 3.63) is 23.8 Å². The molecule has 19 heavy (non-hydrogen) atoms. The van der Waals surface area contributed by atoms with Crippen LogP contribution in [0.5, 0.6) is 11.5 Å². The van der Waals surface area contributed by atoms with Crippen LogP contribution in [0.2, 0.25) is 0 Å². The largest absolute Gasteiger partial charge is 0.486 e. The zero-order valence-electron chi connectivity index (χ0n) is 10.9. The molecule has 1 unspecified atom stereocenters. The van der Waals surface area contributed by atoms with E-state index in [9.17, 15) is 4.79 Å². The molecule has 6 nitrogen and oxygen atoms in total. The SMILES string of the molecule is CC(NCCNC(N)=O)c1ccc2c(c1)OCCO2. The van der Waals surface area contributed by atoms with Gasteiger partial charge in [0.2, 0.25) is 0 Å². The molecular weight excluding hydrogens is 246 g/mol. The topological polar surface area (TPSA) is 85.6 Å². The lowest BCUT2D eigenvalue weighted by Gasteiger charge is -2.21. The van der Waals surface area contributed by atoms with Crippen LogP contribution in [0.4, 0.5) is 4.79 Å². The predicted octanol–water partition coefficient (Wildman–Crippen LogP) is 0.777. The van der Waals surface area contributed by atoms with Gasteiger partial charge in [-0.25, -0.2) is 4.79 Å². The highest BCUT2D eigenvalue weighted by Crippen LogP contribution is 2.32. The normalized spacial score (nSPS) is 14.8. The van der Waals surface area contributed by atoms with Gasteiger partial charge in [-0.15, -0.1) is 0 Å². The van der Waals surface area contributed by atoms with Crippen LogP contribution in [0.25, 0.3) is 0 Å². The first-order chi connectivity index (χ1) is 9.16. The van der Waals surface area contributed by atoms with Crippen LogP contribution in [-0.4, -0.2) is 32.3 Å². The molecular formula is C13H19N3O3. The van der Waals surface area contributed by atoms with Crippen molar-refractivity contribution >= 4 is 6.03 Å². The van der Waals surface area contributed by atoms with Crippen molar-refractivity contribution in [2.24, 2.45) is 5.73 Å². The average molecular weight is 265 g/mol. The maximum Gasteiger partial charge on any atom is 0.312 e. The number of fused-ring (bicyclic) bond motifs is 1. The Balaban J connectivity index is 1.88. The van der Waals surface area contributed by atoms with Gasteiger partial charge in [-0.2, -0.15) is 0 Å². The van der Waals surface area contributed by atoms with Crippen molar-refractivity contribution in [1.29, 1.82) is 0 Å². The number of benzene rings is 1. The van der Waals surface area contributed by atoms with Crippen LogP contribution in [0.3, 0.4) is 0 Å². The van der Waals surface area contributed by atoms with E-state index in [-0.39, 0.29) is 6.04 Å². The molecule has 1 heterocycles. The number of primary amides is 1. The van der Waals surface area contributed by atoms with Gasteiger partial charge in [-0.05, 0) is 24.6 Å². The van der Waals surface area contributed by atoms with Crippen LogP contribution in [0, 0.1) is 0 Å². The van der Waals surface area contributed by atoms with Gasteiger partial charge in [0.15, 0.2) is 11.5 Å². The Morgan fingerprint density at radius 1 is 1.32 bits per heavy atom. The summed E-state index contributed by atoms with van der Waals surface area (Å²) in [5, 5.41) is 5.83. The summed E-state index contributed by atoms with van der Waals surface area (Å²) in [7, 11) is 0. The second-order valence-corrected chi connectivity index (χ2v) is 4.37. The third kappa shape index (κ3) is 3.75. The Kier molecular flexibility index (Phi) is 4.46. The quantitative estimate of drug-likeness (QED) is 0.687. The summed E-state index contributed by atoms with van der Waals surface area (Å²) >= 11 is 0. The number of hydrogen-bond donors (Lipinski definition) is 3. The van der Waals surface area contributed by atoms with E-state index in [2.05, 4.69) is 17.6 Å². The van der Waals surface area contributed by atoms with E-state index >= 15 is 0 Å². The Bertz CT molecular complexity index is 451. The van der Waals surface area contributed by atoms with Crippen molar-refractivity contribution in [3.8, 4) is 11.5 Å². The Morgan fingerprint density at radius 2 is 2.05 bits per heavy atom. The molecule has 0 bridgehead atoms. The van der Waals surface area contributed by atoms with E-state index in [1.165, 1.54) is 0 Å². The standard InChI is InChI=1S/C13H19N3O3/c1-9(15-4-5-16-13(14)17)10-2-3-11-12(8-10)19-7-6-18-11/h2-3,8-9,15H,4-7H2,1H3,(H3,14,16,17). The molecule has 1 aliphatic rings. The maximum absolute atomic E-state index is 10.5. The van der Waals surface area contributed by atoms with Crippen molar-refractivity contribution in [2.45, 2.75) is 13.0 Å². The minimum atomic E-state index is -0.506. The van der Waals surface area contributed by atoms with E-state index in [1.54, 1.807) is 0 Å². The maximum atomic E-state index is 10.5. The van der Waals surface area contributed by atoms with E-state index in [1.807, 2.05) is 18.2 Å². The monoisotopic (exact) mass is 265 g/mol. The zero-order valence-corrected chi connectivity index (χ0v) is 10.9. The Labute approximate surface area is 112 Å². The summed E-state index contributed by atoms with van der Waals surface area (Å²) in [4.78, 5) is 10.5. The highest BCUT2D eigenvalue weighted by molar-refractivity contribution is 5.71. The van der Waals surface area contributed by atoms with Gasteiger partial charge in [0.05, 0.1) is 0 Å². The van der Waals surface area contributed by atoms with E-state index in [0.29, 0.717) is 26.3 Å². The third-order valence-corrected chi connectivity index (χ3v) is 2.94. The third-order valence-electron chi connectivity index (χ3n) is 2.94. The van der Waals surface area contributed by atoms with Gasteiger partial charge < -0.3 is 25.8 Å². The van der Waals surface area contributed by atoms with Crippen molar-refractivity contribution in [2.75, 3.05) is 26.3 Å². The fourth-order valence-corrected chi connectivity index (χ4v) is 1.92. The molecule has 1 aromatic rings. The predicted molar refractivity (Wildman–Crippen MR) is 71.4 cm³/mol. The lowest BCUT2D eigenvalue weighted by Crippen LogP contribution is -2.36. The highest BCUT2D eigenvalue weighted by Gasteiger charge is 2.14. The first-order valence-corrected chi connectivity index (χ1v) is 6.33. The molecule has 6 heteroatoms. The fourth-order valence-electron chi connectivity index (χ4n) is 1.92. The molecule has 1 aromatic carbocycles. The lowest BCUT2D eigenvalue weighted by atomic mass is 10.1. The number of ether oxygens (including phenoxy) is 2. The summed E-state index contributed by atoms with van der Waals surface area (Å²) in [5.74, 6) is 1.57. The van der Waals surface area contributed by atoms with Crippen LogP contribution in [-0.2, 0) is 0 Å². The van der Waals surface area contributed by atoms with Gasteiger partial charge in [0.1, 0.15) is 13.2 Å². The fraction of sp³-hybridized carbons (Fsp3) is 0.462. The van der Waals surface area contributed by atoms with E-state index in [4.69, 9.17) is 15.2 Å². The second-order valence-electron chi connectivity index (χ2n) is 4.37. The summed E-state index contributed by atoms with van der Waals surface area (Å²) in [5.41, 5.74) is 6.10. The summed E-state index contributed by atoms with van der Waals surface area (Å²) in [6.07, 6.45) is 0. The molecule has 0 saturated heterocycles. The van der Waals surface area contributed by atoms with Crippen LogP contribution >= 0.6 is 0 Å². The number of amides is 2. The Hall–Kier alpha value is -1.95. The highest BCUT2D eigenvalue weighted by atomic mass is 16.6. The van der Waals surface area contributed by atoms with Crippen molar-refractivity contribution in [1.82, 2.24) is 10.6 Å². The van der Waals surface area contributed by atoms with Gasteiger partial charge in [0, 0.05) is 19.1 Å². The molecule has 4 N–H and O–H groups in total. The van der Waals surface area contributed by atoms with E-state index < -0.39 is 6.03 Å². The molecule has 0 fully saturated rings.